The number of nitrogens with one attached hydrogen (secondary N) is 1. The van der Waals surface area contributed by atoms with Crippen LogP contribution in [0.4, 0.5) is 0 Å². The molecule has 3 aliphatic rings. The van der Waals surface area contributed by atoms with Crippen LogP contribution in [-0.4, -0.2) is 22.7 Å². The summed E-state index contributed by atoms with van der Waals surface area (Å²) in [4.78, 5) is 11.7. The van der Waals surface area contributed by atoms with Crippen LogP contribution in [0, 0.1) is 16.7 Å². The zero-order valence-electron chi connectivity index (χ0n) is 20.5. The number of aliphatic carboxylic acids is 1. The number of hydrogen-bond donors (Lipinski definition) is 2. The van der Waals surface area contributed by atoms with Crippen molar-refractivity contribution in [3.05, 3.63) is 42.0 Å². The fourth-order valence-electron chi connectivity index (χ4n) is 6.72. The third-order valence-electron chi connectivity index (χ3n) is 9.04. The molecule has 33 heavy (non-hydrogen) atoms. The minimum atomic E-state index is -0.602. The molecule has 3 aliphatic carbocycles. The number of carboxylic acid groups (broad SMARTS) is 1. The molecule has 4 nitrogen and oxygen atoms in total. The van der Waals surface area contributed by atoms with E-state index >= 15 is 0 Å². The highest BCUT2D eigenvalue weighted by Gasteiger charge is 2.58. The molecule has 0 saturated heterocycles. The summed E-state index contributed by atoms with van der Waals surface area (Å²) in [5, 5.41) is 15.8. The first-order valence-electron chi connectivity index (χ1n) is 12.8. The summed E-state index contributed by atoms with van der Waals surface area (Å²) in [6.45, 7) is 7.87. The lowest BCUT2D eigenvalue weighted by molar-refractivity contribution is -0.148. The van der Waals surface area contributed by atoms with Gasteiger partial charge in [-0.05, 0) is 104 Å². The third-order valence-corrected chi connectivity index (χ3v) is 9.04. The van der Waals surface area contributed by atoms with E-state index in [0.29, 0.717) is 11.5 Å². The van der Waals surface area contributed by atoms with Gasteiger partial charge in [0.25, 0.3) is 0 Å². The Hall–Kier alpha value is -2.07. The molecule has 0 spiro atoms. The molecule has 2 aromatic rings. The number of ether oxygens (including phenoxy) is 1. The molecule has 0 radical (unpaired) electrons. The highest BCUT2D eigenvalue weighted by molar-refractivity contribution is 5.84. The fourth-order valence-corrected chi connectivity index (χ4v) is 6.72. The zero-order valence-corrected chi connectivity index (χ0v) is 20.5. The molecule has 0 aromatic heterocycles. The average molecular weight is 450 g/mol. The van der Waals surface area contributed by atoms with E-state index in [-0.39, 0.29) is 5.54 Å². The molecule has 0 atom stereocenters. The molecule has 5 rings (SSSR count). The van der Waals surface area contributed by atoms with E-state index in [1.165, 1.54) is 29.2 Å². The van der Waals surface area contributed by atoms with E-state index in [1.54, 1.807) is 0 Å². The number of rotatable bonds is 6. The predicted molar refractivity (Wildman–Crippen MR) is 133 cm³/mol. The van der Waals surface area contributed by atoms with Gasteiger partial charge in [0.1, 0.15) is 5.75 Å². The lowest BCUT2D eigenvalue weighted by atomic mass is 9.72. The summed E-state index contributed by atoms with van der Waals surface area (Å²) in [5.74, 6) is 1.18. The number of benzene rings is 2. The normalized spacial score (nSPS) is 31.7. The van der Waals surface area contributed by atoms with Crippen molar-refractivity contribution >= 4 is 16.7 Å². The number of fused-ring (bicyclic) bond motifs is 3. The third kappa shape index (κ3) is 4.51. The van der Waals surface area contributed by atoms with Gasteiger partial charge in [-0.25, -0.2) is 0 Å². The van der Waals surface area contributed by atoms with Crippen LogP contribution in [0.25, 0.3) is 10.8 Å². The van der Waals surface area contributed by atoms with Gasteiger partial charge in [0, 0.05) is 12.1 Å². The zero-order chi connectivity index (χ0) is 23.3. The molecule has 2 aromatic carbocycles. The summed E-state index contributed by atoms with van der Waals surface area (Å²) in [7, 11) is 0. The first-order valence-corrected chi connectivity index (χ1v) is 12.8. The van der Waals surface area contributed by atoms with Crippen LogP contribution in [0.2, 0.25) is 0 Å². The van der Waals surface area contributed by atoms with E-state index < -0.39 is 11.4 Å². The molecule has 178 valence electrons. The second-order valence-corrected chi connectivity index (χ2v) is 12.2. The highest BCUT2D eigenvalue weighted by atomic mass is 16.5. The quantitative estimate of drug-likeness (QED) is 0.515. The molecule has 0 heterocycles. The average Bonchev–Trinajstić information content (AvgIpc) is 3.36. The van der Waals surface area contributed by atoms with E-state index in [1.807, 2.05) is 0 Å². The van der Waals surface area contributed by atoms with Crippen LogP contribution in [0.15, 0.2) is 36.4 Å². The fraction of sp³-hybridized carbons (Fsp3) is 0.621. The van der Waals surface area contributed by atoms with E-state index in [0.717, 1.165) is 63.2 Å². The van der Waals surface area contributed by atoms with E-state index in [4.69, 9.17) is 4.74 Å². The standard InChI is InChI=1S/C29H39NO3/c1-27(2,3)23-7-10-24(11-8-23)33-25-9-6-21-16-20(4-5-22(21)17-25)18-30-29-14-12-28(19-29,13-15-29)26(31)32/h4-6,9,16-17,23-24,30H,7-8,10-15,18-19H2,1-3H3,(H,31,32). The predicted octanol–water partition coefficient (Wildman–Crippen LogP) is 6.70. The second kappa shape index (κ2) is 8.30. The Morgan fingerprint density at radius 2 is 1.67 bits per heavy atom. The Kier molecular flexibility index (Phi) is 5.71. The summed E-state index contributed by atoms with van der Waals surface area (Å²) >= 11 is 0. The van der Waals surface area contributed by atoms with Crippen LogP contribution in [-0.2, 0) is 11.3 Å². The molecular weight excluding hydrogens is 410 g/mol. The molecule has 4 heteroatoms. The first-order chi connectivity index (χ1) is 15.7. The Bertz CT molecular complexity index is 1020. The van der Waals surface area contributed by atoms with Crippen molar-refractivity contribution in [3.8, 4) is 5.75 Å². The molecule has 2 bridgehead atoms. The number of carboxylic acids is 1. The van der Waals surface area contributed by atoms with Gasteiger partial charge in [-0.15, -0.1) is 0 Å². The molecule has 2 N–H and O–H groups in total. The van der Waals surface area contributed by atoms with Crippen LogP contribution in [0.5, 0.6) is 5.75 Å². The number of hydrogen-bond acceptors (Lipinski definition) is 3. The van der Waals surface area contributed by atoms with Crippen molar-refractivity contribution in [2.45, 2.75) is 96.7 Å². The van der Waals surface area contributed by atoms with Crippen molar-refractivity contribution < 1.29 is 14.6 Å². The van der Waals surface area contributed by atoms with Crippen molar-refractivity contribution in [2.24, 2.45) is 16.7 Å². The highest BCUT2D eigenvalue weighted by Crippen LogP contribution is 2.56. The lowest BCUT2D eigenvalue weighted by Gasteiger charge is -2.37. The van der Waals surface area contributed by atoms with Gasteiger partial charge in [-0.3, -0.25) is 4.79 Å². The molecule has 0 aliphatic heterocycles. The van der Waals surface area contributed by atoms with Gasteiger partial charge in [0.05, 0.1) is 11.5 Å². The summed E-state index contributed by atoms with van der Waals surface area (Å²) in [5.41, 5.74) is 1.19. The Balaban J connectivity index is 1.19. The molecular formula is C29H39NO3. The SMILES string of the molecule is CC(C)(C)C1CCC(Oc2ccc3cc(CNC45CCC(C(=O)O)(CC4)C5)ccc3c2)CC1. The maximum atomic E-state index is 11.7. The molecule has 3 saturated carbocycles. The van der Waals surface area contributed by atoms with Crippen molar-refractivity contribution in [1.29, 1.82) is 0 Å². The largest absolute Gasteiger partial charge is 0.490 e. The topological polar surface area (TPSA) is 58.6 Å². The number of carbonyl (C=O) groups is 1. The van der Waals surface area contributed by atoms with Gasteiger partial charge in [0.15, 0.2) is 0 Å². The molecule has 0 unspecified atom stereocenters. The minimum absolute atomic E-state index is 0.0110. The summed E-state index contributed by atoms with van der Waals surface area (Å²) < 4.78 is 6.37. The smallest absolute Gasteiger partial charge is 0.309 e. The van der Waals surface area contributed by atoms with Crippen LogP contribution < -0.4 is 10.1 Å². The Morgan fingerprint density at radius 1 is 1.00 bits per heavy atom. The van der Waals surface area contributed by atoms with Gasteiger partial charge in [-0.2, -0.15) is 0 Å². The summed E-state index contributed by atoms with van der Waals surface area (Å²) in [6.07, 6.45) is 9.50. The molecule has 0 amide bonds. The van der Waals surface area contributed by atoms with Gasteiger partial charge < -0.3 is 15.2 Å². The van der Waals surface area contributed by atoms with Gasteiger partial charge in [0.2, 0.25) is 0 Å². The van der Waals surface area contributed by atoms with Crippen molar-refractivity contribution in [1.82, 2.24) is 5.32 Å². The van der Waals surface area contributed by atoms with Crippen LogP contribution in [0.3, 0.4) is 0 Å². The van der Waals surface area contributed by atoms with Crippen LogP contribution >= 0.6 is 0 Å². The monoisotopic (exact) mass is 449 g/mol. The Morgan fingerprint density at radius 3 is 2.30 bits per heavy atom. The lowest BCUT2D eigenvalue weighted by Crippen LogP contribution is -2.40. The first kappa shape index (κ1) is 22.7. The maximum Gasteiger partial charge on any atom is 0.309 e. The second-order valence-electron chi connectivity index (χ2n) is 12.2. The van der Waals surface area contributed by atoms with Crippen molar-refractivity contribution in [3.63, 3.8) is 0 Å². The minimum Gasteiger partial charge on any atom is -0.490 e. The van der Waals surface area contributed by atoms with Crippen LogP contribution in [0.1, 0.15) is 84.1 Å². The summed E-state index contributed by atoms with van der Waals surface area (Å²) in [6, 6.07) is 13.1. The maximum absolute atomic E-state index is 11.7. The van der Waals surface area contributed by atoms with E-state index in [2.05, 4.69) is 62.5 Å². The van der Waals surface area contributed by atoms with Crippen molar-refractivity contribution in [2.75, 3.05) is 0 Å². The van der Waals surface area contributed by atoms with E-state index in [9.17, 15) is 9.90 Å². The Labute approximate surface area is 198 Å². The van der Waals surface area contributed by atoms with Gasteiger partial charge >= 0.3 is 5.97 Å². The molecule has 3 fully saturated rings. The van der Waals surface area contributed by atoms with Gasteiger partial charge in [-0.1, -0.05) is 39.0 Å².